The largest absolute Gasteiger partial charge is 0.385 e. The maximum Gasteiger partial charge on any atom is 0.345 e. The number of aliphatic imine (C=N–C) groups is 1. The summed E-state index contributed by atoms with van der Waals surface area (Å²) in [4.78, 5) is 17.1. The highest BCUT2D eigenvalue weighted by atomic mass is 32.2. The molecule has 1 aliphatic rings. The average Bonchev–Trinajstić information content (AvgIpc) is 2.45. The van der Waals surface area contributed by atoms with Crippen molar-refractivity contribution in [1.29, 1.82) is 0 Å². The van der Waals surface area contributed by atoms with E-state index in [4.69, 9.17) is 5.73 Å². The topological polar surface area (TPSA) is 58.7 Å². The van der Waals surface area contributed by atoms with Crippen molar-refractivity contribution >= 4 is 23.6 Å². The van der Waals surface area contributed by atoms with E-state index >= 15 is 0 Å². The normalized spacial score (nSPS) is 20.9. The number of urea groups is 1. The summed E-state index contributed by atoms with van der Waals surface area (Å²) in [5.41, 5.74) is 5.75. The minimum atomic E-state index is -0.163. The minimum absolute atomic E-state index is 0.0459. The molecule has 1 aliphatic heterocycles. The van der Waals surface area contributed by atoms with Gasteiger partial charge in [0.2, 0.25) is 0 Å². The van der Waals surface area contributed by atoms with Gasteiger partial charge in [0.1, 0.15) is 5.84 Å². The zero-order valence-electron chi connectivity index (χ0n) is 9.40. The van der Waals surface area contributed by atoms with Crippen LogP contribution in [0.2, 0.25) is 0 Å². The summed E-state index contributed by atoms with van der Waals surface area (Å²) in [5.74, 6) is 1.60. The highest BCUT2D eigenvalue weighted by Crippen LogP contribution is 2.17. The third-order valence-electron chi connectivity index (χ3n) is 2.48. The quantitative estimate of drug-likeness (QED) is 0.705. The van der Waals surface area contributed by atoms with E-state index in [1.165, 1.54) is 0 Å². The van der Waals surface area contributed by atoms with Crippen LogP contribution in [-0.4, -0.2) is 41.4 Å². The lowest BCUT2D eigenvalue weighted by atomic mass is 10.1. The third kappa shape index (κ3) is 3.12. The standard InChI is InChI=1S/C10H19N3OS/c1-3-6-13-8(5-4-7-15-2)9(11)12-10(13)14/h8H,3-7H2,1-2H3,(H2,11,12,14). The van der Waals surface area contributed by atoms with E-state index in [0.29, 0.717) is 5.84 Å². The zero-order chi connectivity index (χ0) is 11.3. The average molecular weight is 229 g/mol. The van der Waals surface area contributed by atoms with Crippen LogP contribution in [-0.2, 0) is 0 Å². The maximum atomic E-state index is 11.5. The van der Waals surface area contributed by atoms with E-state index < -0.39 is 0 Å². The summed E-state index contributed by atoms with van der Waals surface area (Å²) in [6.45, 7) is 2.81. The number of rotatable bonds is 6. The van der Waals surface area contributed by atoms with Gasteiger partial charge in [-0.3, -0.25) is 0 Å². The van der Waals surface area contributed by atoms with Gasteiger partial charge in [0.15, 0.2) is 0 Å². The maximum absolute atomic E-state index is 11.5. The van der Waals surface area contributed by atoms with Crippen LogP contribution in [0.1, 0.15) is 26.2 Å². The number of carbonyl (C=O) groups is 1. The molecule has 4 nitrogen and oxygen atoms in total. The summed E-state index contributed by atoms with van der Waals surface area (Å²) >= 11 is 1.82. The van der Waals surface area contributed by atoms with Gasteiger partial charge in [-0.05, 0) is 31.3 Å². The molecule has 1 heterocycles. The Hall–Kier alpha value is -0.710. The van der Waals surface area contributed by atoms with Gasteiger partial charge in [-0.2, -0.15) is 16.8 Å². The molecule has 0 aromatic heterocycles. The molecule has 0 radical (unpaired) electrons. The summed E-state index contributed by atoms with van der Waals surface area (Å²) in [6, 6.07) is -0.117. The van der Waals surface area contributed by atoms with Crippen molar-refractivity contribution in [3.05, 3.63) is 0 Å². The highest BCUT2D eigenvalue weighted by molar-refractivity contribution is 7.98. The Morgan fingerprint density at radius 1 is 1.60 bits per heavy atom. The summed E-state index contributed by atoms with van der Waals surface area (Å²) < 4.78 is 0. The molecule has 0 bridgehead atoms. The van der Waals surface area contributed by atoms with Gasteiger partial charge < -0.3 is 10.6 Å². The second kappa shape index (κ2) is 6.00. The Morgan fingerprint density at radius 3 is 2.93 bits per heavy atom. The summed E-state index contributed by atoms with van der Waals surface area (Å²) in [5, 5.41) is 0. The minimum Gasteiger partial charge on any atom is -0.385 e. The smallest absolute Gasteiger partial charge is 0.345 e. The zero-order valence-corrected chi connectivity index (χ0v) is 10.2. The lowest BCUT2D eigenvalue weighted by Gasteiger charge is -2.23. The number of amidine groups is 1. The second-order valence-corrected chi connectivity index (χ2v) is 4.65. The molecule has 0 aromatic rings. The van der Waals surface area contributed by atoms with Crippen molar-refractivity contribution < 1.29 is 4.79 Å². The van der Waals surface area contributed by atoms with E-state index in [-0.39, 0.29) is 12.1 Å². The van der Waals surface area contributed by atoms with Crippen LogP contribution < -0.4 is 5.73 Å². The van der Waals surface area contributed by atoms with Crippen molar-refractivity contribution in [3.63, 3.8) is 0 Å². The summed E-state index contributed by atoms with van der Waals surface area (Å²) in [6.07, 6.45) is 5.05. The molecule has 1 atom stereocenters. The van der Waals surface area contributed by atoms with Crippen LogP contribution >= 0.6 is 11.8 Å². The molecule has 86 valence electrons. The van der Waals surface area contributed by atoms with E-state index in [1.54, 1.807) is 4.90 Å². The molecule has 1 unspecified atom stereocenters. The Balaban J connectivity index is 2.50. The third-order valence-corrected chi connectivity index (χ3v) is 3.18. The molecule has 1 rings (SSSR count). The van der Waals surface area contributed by atoms with Gasteiger partial charge in [0.25, 0.3) is 0 Å². The van der Waals surface area contributed by atoms with Gasteiger partial charge in [0.05, 0.1) is 6.04 Å². The number of hydrogen-bond donors (Lipinski definition) is 1. The fraction of sp³-hybridized carbons (Fsp3) is 0.800. The first-order valence-corrected chi connectivity index (χ1v) is 6.73. The molecule has 2 N–H and O–H groups in total. The van der Waals surface area contributed by atoms with Gasteiger partial charge in [-0.1, -0.05) is 6.92 Å². The molecule has 0 saturated heterocycles. The predicted molar refractivity (Wildman–Crippen MR) is 65.4 cm³/mol. The van der Waals surface area contributed by atoms with Crippen LogP contribution in [0.3, 0.4) is 0 Å². The highest BCUT2D eigenvalue weighted by Gasteiger charge is 2.31. The Kier molecular flexibility index (Phi) is 4.94. The second-order valence-electron chi connectivity index (χ2n) is 3.66. The van der Waals surface area contributed by atoms with Crippen LogP contribution in [0.5, 0.6) is 0 Å². The molecule has 0 saturated carbocycles. The molecular formula is C10H19N3OS. The van der Waals surface area contributed by atoms with Gasteiger partial charge in [-0.15, -0.1) is 0 Å². The molecule has 0 fully saturated rings. The van der Waals surface area contributed by atoms with Crippen molar-refractivity contribution in [2.45, 2.75) is 32.2 Å². The summed E-state index contributed by atoms with van der Waals surface area (Å²) in [7, 11) is 0. The van der Waals surface area contributed by atoms with Crippen LogP contribution in [0.4, 0.5) is 4.79 Å². The Bertz CT molecular complexity index is 255. The van der Waals surface area contributed by atoms with Gasteiger partial charge in [-0.25, -0.2) is 4.79 Å². The van der Waals surface area contributed by atoms with Gasteiger partial charge in [0, 0.05) is 6.54 Å². The van der Waals surface area contributed by atoms with Crippen molar-refractivity contribution in [3.8, 4) is 0 Å². The first-order chi connectivity index (χ1) is 7.20. The number of nitrogens with zero attached hydrogens (tertiary/aromatic N) is 2. The molecule has 2 amide bonds. The predicted octanol–water partition coefficient (Wildman–Crippen LogP) is 1.70. The van der Waals surface area contributed by atoms with Crippen LogP contribution in [0, 0.1) is 0 Å². The number of nitrogens with two attached hydrogens (primary N) is 1. The number of carbonyl (C=O) groups excluding carboxylic acids is 1. The van der Waals surface area contributed by atoms with E-state index in [9.17, 15) is 4.79 Å². The van der Waals surface area contributed by atoms with Crippen molar-refractivity contribution in [2.24, 2.45) is 10.7 Å². The van der Waals surface area contributed by atoms with Gasteiger partial charge >= 0.3 is 6.03 Å². The van der Waals surface area contributed by atoms with Crippen molar-refractivity contribution in [2.75, 3.05) is 18.6 Å². The van der Waals surface area contributed by atoms with Crippen LogP contribution in [0.25, 0.3) is 0 Å². The van der Waals surface area contributed by atoms with Crippen LogP contribution in [0.15, 0.2) is 4.99 Å². The van der Waals surface area contributed by atoms with E-state index in [2.05, 4.69) is 18.2 Å². The molecule has 0 spiro atoms. The SMILES string of the molecule is CCCN1C(=O)N=C(N)C1CCCSC. The number of thioether (sulfide) groups is 1. The monoisotopic (exact) mass is 229 g/mol. The lowest BCUT2D eigenvalue weighted by molar-refractivity contribution is 0.204. The molecular weight excluding hydrogens is 210 g/mol. The first kappa shape index (κ1) is 12.4. The Labute approximate surface area is 95.3 Å². The number of hydrogen-bond acceptors (Lipinski definition) is 3. The fourth-order valence-electron chi connectivity index (χ4n) is 1.76. The Morgan fingerprint density at radius 2 is 2.33 bits per heavy atom. The van der Waals surface area contributed by atoms with Crippen molar-refractivity contribution in [1.82, 2.24) is 4.90 Å². The first-order valence-electron chi connectivity index (χ1n) is 5.34. The molecule has 15 heavy (non-hydrogen) atoms. The van der Waals surface area contributed by atoms with E-state index in [0.717, 1.165) is 31.6 Å². The number of amides is 2. The molecule has 5 heteroatoms. The molecule has 0 aromatic carbocycles. The van der Waals surface area contributed by atoms with E-state index in [1.807, 2.05) is 11.8 Å². The fourth-order valence-corrected chi connectivity index (χ4v) is 2.21. The molecule has 0 aliphatic carbocycles. The lowest BCUT2D eigenvalue weighted by Crippen LogP contribution is -2.40.